The monoisotopic (exact) mass is 322 g/mol. The number of allylic oxidation sites excluding steroid dienone is 1. The topological polar surface area (TPSA) is 49.8 Å². The second-order valence-corrected chi connectivity index (χ2v) is 6.55. The van der Waals surface area contributed by atoms with Crippen LogP contribution in [-0.2, 0) is 0 Å². The molecule has 0 saturated carbocycles. The summed E-state index contributed by atoms with van der Waals surface area (Å²) in [5.74, 6) is 1.50. The van der Waals surface area contributed by atoms with Crippen LogP contribution in [0, 0.1) is 13.8 Å². The Bertz CT molecular complexity index is 701. The van der Waals surface area contributed by atoms with Crippen molar-refractivity contribution in [3.8, 4) is 0 Å². The number of rotatable bonds is 6. The van der Waals surface area contributed by atoms with Crippen LogP contribution in [0.4, 0.5) is 17.5 Å². The smallest absolute Gasteiger partial charge is 0.229 e. The van der Waals surface area contributed by atoms with E-state index < -0.39 is 0 Å². The maximum Gasteiger partial charge on any atom is 0.229 e. The molecule has 1 aromatic heterocycles. The van der Waals surface area contributed by atoms with Crippen LogP contribution in [0.1, 0.15) is 43.2 Å². The Morgan fingerprint density at radius 1 is 1.08 bits per heavy atom. The third kappa shape index (κ3) is 4.82. The fraction of sp³-hybridized carbons (Fsp3) is 0.400. The minimum Gasteiger partial charge on any atom is -0.370 e. The summed E-state index contributed by atoms with van der Waals surface area (Å²) in [6, 6.07) is 8.28. The average Bonchev–Trinajstić information content (AvgIpc) is 2.55. The molecule has 0 bridgehead atoms. The molecule has 0 spiro atoms. The van der Waals surface area contributed by atoms with Crippen molar-refractivity contribution in [1.29, 1.82) is 0 Å². The molecule has 0 fully saturated rings. The van der Waals surface area contributed by atoms with E-state index in [2.05, 4.69) is 58.7 Å². The van der Waals surface area contributed by atoms with Gasteiger partial charge in [-0.15, -0.1) is 0 Å². The lowest BCUT2D eigenvalue weighted by molar-refractivity contribution is 0.679. The average molecular weight is 322 g/mol. The summed E-state index contributed by atoms with van der Waals surface area (Å²) < 4.78 is 0. The van der Waals surface area contributed by atoms with Gasteiger partial charge in [-0.3, -0.25) is 0 Å². The molecule has 1 aliphatic carbocycles. The molecular weight excluding hydrogens is 296 g/mol. The lowest BCUT2D eigenvalue weighted by Crippen LogP contribution is -2.07. The van der Waals surface area contributed by atoms with Crippen LogP contribution in [0.25, 0.3) is 0 Å². The number of aryl methyl sites for hydroxylation is 2. The van der Waals surface area contributed by atoms with Gasteiger partial charge in [-0.05, 0) is 75.3 Å². The molecule has 0 radical (unpaired) electrons. The molecule has 3 rings (SSSR count). The Labute approximate surface area is 144 Å². The van der Waals surface area contributed by atoms with Gasteiger partial charge >= 0.3 is 0 Å². The molecule has 1 aliphatic rings. The van der Waals surface area contributed by atoms with E-state index in [1.807, 2.05) is 6.07 Å². The van der Waals surface area contributed by atoms with E-state index in [9.17, 15) is 0 Å². The van der Waals surface area contributed by atoms with Crippen molar-refractivity contribution in [3.05, 3.63) is 53.2 Å². The Morgan fingerprint density at radius 3 is 2.67 bits per heavy atom. The van der Waals surface area contributed by atoms with Gasteiger partial charge in [0.05, 0.1) is 0 Å². The molecule has 4 heteroatoms. The number of aromatic nitrogens is 2. The first-order chi connectivity index (χ1) is 11.7. The summed E-state index contributed by atoms with van der Waals surface area (Å²) in [5.41, 5.74) is 5.06. The van der Waals surface area contributed by atoms with Gasteiger partial charge in [0.1, 0.15) is 5.82 Å². The van der Waals surface area contributed by atoms with Crippen LogP contribution < -0.4 is 10.6 Å². The lowest BCUT2D eigenvalue weighted by Gasteiger charge is -2.13. The number of nitrogens with one attached hydrogen (secondary N) is 2. The zero-order valence-corrected chi connectivity index (χ0v) is 14.6. The minimum absolute atomic E-state index is 0.627. The Morgan fingerprint density at radius 2 is 1.92 bits per heavy atom. The molecule has 126 valence electrons. The SMILES string of the molecule is Cc1cc(C)cc(Nc2nccc(NCCC3=CCCCC3)n2)c1. The number of benzene rings is 1. The predicted molar refractivity (Wildman–Crippen MR) is 101 cm³/mol. The van der Waals surface area contributed by atoms with Crippen molar-refractivity contribution in [2.24, 2.45) is 0 Å². The lowest BCUT2D eigenvalue weighted by atomic mass is 9.97. The van der Waals surface area contributed by atoms with Crippen molar-refractivity contribution in [2.75, 3.05) is 17.2 Å². The van der Waals surface area contributed by atoms with Gasteiger partial charge < -0.3 is 10.6 Å². The maximum absolute atomic E-state index is 4.56. The molecule has 1 heterocycles. The second-order valence-electron chi connectivity index (χ2n) is 6.55. The van der Waals surface area contributed by atoms with Gasteiger partial charge in [0, 0.05) is 18.4 Å². The molecule has 0 saturated heterocycles. The fourth-order valence-electron chi connectivity index (χ4n) is 3.18. The first-order valence-corrected chi connectivity index (χ1v) is 8.79. The van der Waals surface area contributed by atoms with Crippen molar-refractivity contribution in [3.63, 3.8) is 0 Å². The summed E-state index contributed by atoms with van der Waals surface area (Å²) in [7, 11) is 0. The van der Waals surface area contributed by atoms with Crippen LogP contribution in [0.15, 0.2) is 42.1 Å². The molecule has 0 atom stereocenters. The third-order valence-corrected chi connectivity index (χ3v) is 4.27. The normalized spacial score (nSPS) is 14.2. The third-order valence-electron chi connectivity index (χ3n) is 4.27. The highest BCUT2D eigenvalue weighted by Gasteiger charge is 2.04. The van der Waals surface area contributed by atoms with E-state index in [0.29, 0.717) is 5.95 Å². The summed E-state index contributed by atoms with van der Waals surface area (Å²) in [6.07, 6.45) is 10.5. The predicted octanol–water partition coefficient (Wildman–Crippen LogP) is 5.14. The first-order valence-electron chi connectivity index (χ1n) is 8.79. The van der Waals surface area contributed by atoms with Crippen molar-refractivity contribution in [1.82, 2.24) is 9.97 Å². The summed E-state index contributed by atoms with van der Waals surface area (Å²) >= 11 is 0. The van der Waals surface area contributed by atoms with E-state index in [1.54, 1.807) is 11.8 Å². The van der Waals surface area contributed by atoms with Crippen LogP contribution in [0.3, 0.4) is 0 Å². The van der Waals surface area contributed by atoms with Gasteiger partial charge in [0.25, 0.3) is 0 Å². The molecule has 0 unspecified atom stereocenters. The minimum atomic E-state index is 0.627. The molecule has 0 aliphatic heterocycles. The molecule has 2 aromatic rings. The zero-order valence-electron chi connectivity index (χ0n) is 14.6. The van der Waals surface area contributed by atoms with Gasteiger partial charge in [0.15, 0.2) is 0 Å². The molecule has 1 aromatic carbocycles. The van der Waals surface area contributed by atoms with Gasteiger partial charge in [0.2, 0.25) is 5.95 Å². The van der Waals surface area contributed by atoms with Crippen LogP contribution in [0.5, 0.6) is 0 Å². The van der Waals surface area contributed by atoms with E-state index in [1.165, 1.54) is 36.8 Å². The number of hydrogen-bond acceptors (Lipinski definition) is 4. The standard InChI is InChI=1S/C20H26N4/c1-15-12-16(2)14-18(13-15)23-20-22-11-9-19(24-20)21-10-8-17-6-4-3-5-7-17/h6,9,11-14H,3-5,7-8,10H2,1-2H3,(H2,21,22,23,24). The van der Waals surface area contributed by atoms with Crippen LogP contribution in [0.2, 0.25) is 0 Å². The molecule has 0 amide bonds. The Balaban J connectivity index is 1.58. The fourth-order valence-corrected chi connectivity index (χ4v) is 3.18. The molecule has 24 heavy (non-hydrogen) atoms. The molecule has 4 nitrogen and oxygen atoms in total. The molecule has 2 N–H and O–H groups in total. The van der Waals surface area contributed by atoms with Crippen LogP contribution in [-0.4, -0.2) is 16.5 Å². The van der Waals surface area contributed by atoms with Crippen molar-refractivity contribution in [2.45, 2.75) is 46.0 Å². The Kier molecular flexibility index (Phi) is 5.47. The van der Waals surface area contributed by atoms with Gasteiger partial charge in [-0.1, -0.05) is 17.7 Å². The summed E-state index contributed by atoms with van der Waals surface area (Å²) in [4.78, 5) is 8.88. The highest BCUT2D eigenvalue weighted by molar-refractivity contribution is 5.57. The summed E-state index contributed by atoms with van der Waals surface area (Å²) in [6.45, 7) is 5.11. The number of nitrogens with zero attached hydrogens (tertiary/aromatic N) is 2. The van der Waals surface area contributed by atoms with Crippen LogP contribution >= 0.6 is 0 Å². The van der Waals surface area contributed by atoms with Crippen molar-refractivity contribution < 1.29 is 0 Å². The highest BCUT2D eigenvalue weighted by Crippen LogP contribution is 2.20. The summed E-state index contributed by atoms with van der Waals surface area (Å²) in [5, 5.41) is 6.70. The quantitative estimate of drug-likeness (QED) is 0.723. The van der Waals surface area contributed by atoms with E-state index >= 15 is 0 Å². The largest absolute Gasteiger partial charge is 0.370 e. The van der Waals surface area contributed by atoms with Gasteiger partial charge in [-0.2, -0.15) is 4.98 Å². The first kappa shape index (κ1) is 16.5. The van der Waals surface area contributed by atoms with Gasteiger partial charge in [-0.25, -0.2) is 4.98 Å². The number of hydrogen-bond donors (Lipinski definition) is 2. The Hall–Kier alpha value is -2.36. The second kappa shape index (κ2) is 7.95. The maximum atomic E-state index is 4.56. The van der Waals surface area contributed by atoms with Crippen molar-refractivity contribution >= 4 is 17.5 Å². The number of anilines is 3. The molecular formula is C20H26N4. The zero-order chi connectivity index (χ0) is 16.8. The van der Waals surface area contributed by atoms with E-state index in [-0.39, 0.29) is 0 Å². The van der Waals surface area contributed by atoms with E-state index in [4.69, 9.17) is 0 Å². The van der Waals surface area contributed by atoms with E-state index in [0.717, 1.165) is 24.5 Å². The highest BCUT2D eigenvalue weighted by atomic mass is 15.1.